The van der Waals surface area contributed by atoms with E-state index in [9.17, 15) is 18.0 Å². The molecule has 0 radical (unpaired) electrons. The fourth-order valence-electron chi connectivity index (χ4n) is 4.68. The maximum atomic E-state index is 14.6. The maximum absolute atomic E-state index is 14.6. The number of amides is 1. The minimum Gasteiger partial charge on any atom is -0.383 e. The van der Waals surface area contributed by atoms with E-state index in [2.05, 4.69) is 19.9 Å². The minimum atomic E-state index is -0.773. The van der Waals surface area contributed by atoms with Gasteiger partial charge in [-0.15, -0.1) is 0 Å². The average Bonchev–Trinajstić information content (AvgIpc) is 3.58. The highest BCUT2D eigenvalue weighted by Crippen LogP contribution is 2.31. The topological polar surface area (TPSA) is 110 Å². The lowest BCUT2D eigenvalue weighted by atomic mass is 10.1. The molecule has 8 nitrogen and oxygen atoms in total. The van der Waals surface area contributed by atoms with Crippen molar-refractivity contribution in [3.63, 3.8) is 0 Å². The lowest BCUT2D eigenvalue weighted by Crippen LogP contribution is -2.31. The molecule has 0 fully saturated rings. The summed E-state index contributed by atoms with van der Waals surface area (Å²) in [4.78, 5) is 30.6. The van der Waals surface area contributed by atoms with Crippen molar-refractivity contribution in [3.8, 4) is 11.1 Å². The molecule has 0 unspecified atom stereocenters. The number of hydrogen-bond acceptors (Lipinski definition) is 6. The standard InChI is InChI=1S/C28H21F3N6O2/c29-21-2-1-3-22(30)18(21)12-37(11-16-5-4-15(9-34-16)17-6-7-33-10-23(17)31)28(38)25-8-24-26(35-25)19-13-39-14-20(19)27(32)36-24/h1-10,35H,11-14H2,(H2,32,36). The first-order valence-corrected chi connectivity index (χ1v) is 12.0. The van der Waals surface area contributed by atoms with Crippen LogP contribution in [0, 0.1) is 17.5 Å². The number of nitrogens with one attached hydrogen (secondary N) is 1. The number of aromatic amines is 1. The number of fused-ring (bicyclic) bond motifs is 3. The summed E-state index contributed by atoms with van der Waals surface area (Å²) in [7, 11) is 0. The van der Waals surface area contributed by atoms with Crippen LogP contribution < -0.4 is 5.73 Å². The van der Waals surface area contributed by atoms with Crippen LogP contribution in [0.1, 0.15) is 32.9 Å². The average molecular weight is 531 g/mol. The van der Waals surface area contributed by atoms with Gasteiger partial charge in [0.05, 0.1) is 49.2 Å². The zero-order chi connectivity index (χ0) is 27.1. The number of benzene rings is 1. The number of carbonyl (C=O) groups is 1. The Morgan fingerprint density at radius 2 is 1.79 bits per heavy atom. The van der Waals surface area contributed by atoms with E-state index in [0.29, 0.717) is 46.9 Å². The summed E-state index contributed by atoms with van der Waals surface area (Å²) in [6.07, 6.45) is 4.05. The molecule has 5 aromatic rings. The summed E-state index contributed by atoms with van der Waals surface area (Å²) in [6.45, 7) is 0.227. The Balaban J connectivity index is 1.35. The van der Waals surface area contributed by atoms with Gasteiger partial charge in [0.15, 0.2) is 0 Å². The highest BCUT2D eigenvalue weighted by atomic mass is 19.1. The first kappa shape index (κ1) is 24.6. The van der Waals surface area contributed by atoms with Crippen LogP contribution in [0.15, 0.2) is 61.1 Å². The number of nitrogen functional groups attached to an aromatic ring is 1. The van der Waals surface area contributed by atoms with Gasteiger partial charge < -0.3 is 20.4 Å². The predicted molar refractivity (Wildman–Crippen MR) is 136 cm³/mol. The quantitative estimate of drug-likeness (QED) is 0.324. The van der Waals surface area contributed by atoms with Crippen LogP contribution in [0.25, 0.3) is 22.2 Å². The van der Waals surface area contributed by atoms with Crippen molar-refractivity contribution in [1.82, 2.24) is 24.8 Å². The Morgan fingerprint density at radius 3 is 2.54 bits per heavy atom. The van der Waals surface area contributed by atoms with Crippen LogP contribution in [0.2, 0.25) is 0 Å². The Labute approximate surface area is 220 Å². The third-order valence-electron chi connectivity index (χ3n) is 6.70. The van der Waals surface area contributed by atoms with Gasteiger partial charge in [-0.25, -0.2) is 18.2 Å². The van der Waals surface area contributed by atoms with Crippen molar-refractivity contribution >= 4 is 22.8 Å². The smallest absolute Gasteiger partial charge is 0.271 e. The highest BCUT2D eigenvalue weighted by Gasteiger charge is 2.26. The number of pyridine rings is 3. The zero-order valence-electron chi connectivity index (χ0n) is 20.4. The van der Waals surface area contributed by atoms with Crippen molar-refractivity contribution < 1.29 is 22.7 Å². The first-order valence-electron chi connectivity index (χ1n) is 12.0. The van der Waals surface area contributed by atoms with E-state index in [-0.39, 0.29) is 24.3 Å². The van der Waals surface area contributed by atoms with Crippen LogP contribution >= 0.6 is 0 Å². The largest absolute Gasteiger partial charge is 0.383 e. The number of aromatic nitrogens is 4. The molecule has 1 aliphatic heterocycles. The highest BCUT2D eigenvalue weighted by molar-refractivity contribution is 5.98. The van der Waals surface area contributed by atoms with Gasteiger partial charge >= 0.3 is 0 Å². The molecule has 1 amide bonds. The van der Waals surface area contributed by atoms with Crippen molar-refractivity contribution in [2.45, 2.75) is 26.3 Å². The summed E-state index contributed by atoms with van der Waals surface area (Å²) in [5, 5.41) is 0. The van der Waals surface area contributed by atoms with Crippen LogP contribution in [-0.4, -0.2) is 30.7 Å². The normalized spacial score (nSPS) is 12.6. The van der Waals surface area contributed by atoms with Crippen LogP contribution in [-0.2, 0) is 31.0 Å². The van der Waals surface area contributed by atoms with E-state index in [1.807, 2.05) is 0 Å². The van der Waals surface area contributed by atoms with Crippen LogP contribution in [0.5, 0.6) is 0 Å². The number of nitrogens with two attached hydrogens (primary N) is 1. The number of ether oxygens (including phenoxy) is 1. The van der Waals surface area contributed by atoms with Gasteiger partial charge in [0.25, 0.3) is 5.91 Å². The lowest BCUT2D eigenvalue weighted by Gasteiger charge is -2.23. The molecule has 3 N–H and O–H groups in total. The molecule has 0 saturated carbocycles. The SMILES string of the molecule is Nc1nc2cc(C(=O)N(Cc3ccc(-c4ccncc4F)cn3)Cc3c(F)cccc3F)[nH]c2c2c1COC2. The Bertz CT molecular complexity index is 1700. The fraction of sp³-hybridized carbons (Fsp3) is 0.143. The Kier molecular flexibility index (Phi) is 6.20. The van der Waals surface area contributed by atoms with E-state index in [4.69, 9.17) is 10.5 Å². The van der Waals surface area contributed by atoms with Gasteiger partial charge in [-0.1, -0.05) is 12.1 Å². The second-order valence-electron chi connectivity index (χ2n) is 9.15. The molecule has 0 aliphatic carbocycles. The van der Waals surface area contributed by atoms with Gasteiger partial charge in [-0.3, -0.25) is 14.8 Å². The first-order chi connectivity index (χ1) is 18.9. The van der Waals surface area contributed by atoms with Crippen molar-refractivity contribution in [1.29, 1.82) is 0 Å². The second kappa shape index (κ2) is 9.84. The van der Waals surface area contributed by atoms with Crippen molar-refractivity contribution in [3.05, 3.63) is 107 Å². The van der Waals surface area contributed by atoms with E-state index in [1.165, 1.54) is 29.4 Å². The third kappa shape index (κ3) is 4.57. The molecule has 0 bridgehead atoms. The molecule has 39 heavy (non-hydrogen) atoms. The molecule has 196 valence electrons. The van der Waals surface area contributed by atoms with E-state index < -0.39 is 23.4 Å². The summed E-state index contributed by atoms with van der Waals surface area (Å²) in [6, 6.07) is 9.90. The van der Waals surface area contributed by atoms with Gasteiger partial charge in [0, 0.05) is 40.2 Å². The number of carbonyl (C=O) groups excluding carboxylic acids is 1. The van der Waals surface area contributed by atoms with Gasteiger partial charge in [-0.2, -0.15) is 0 Å². The van der Waals surface area contributed by atoms with Crippen LogP contribution in [0.4, 0.5) is 19.0 Å². The monoisotopic (exact) mass is 530 g/mol. The maximum Gasteiger partial charge on any atom is 0.271 e. The van der Waals surface area contributed by atoms with Gasteiger partial charge in [-0.05, 0) is 30.3 Å². The molecular formula is C28H21F3N6O2. The van der Waals surface area contributed by atoms with E-state index in [1.54, 1.807) is 18.2 Å². The molecule has 1 aliphatic rings. The van der Waals surface area contributed by atoms with Gasteiger partial charge in [0.2, 0.25) is 0 Å². The van der Waals surface area contributed by atoms with Crippen LogP contribution in [0.3, 0.4) is 0 Å². The lowest BCUT2D eigenvalue weighted by molar-refractivity contribution is 0.0719. The molecule has 4 aromatic heterocycles. The molecular weight excluding hydrogens is 509 g/mol. The van der Waals surface area contributed by atoms with Gasteiger partial charge in [0.1, 0.15) is 29.0 Å². The molecule has 6 rings (SSSR count). The minimum absolute atomic E-state index is 0.0716. The zero-order valence-corrected chi connectivity index (χ0v) is 20.4. The molecule has 5 heterocycles. The second-order valence-corrected chi connectivity index (χ2v) is 9.15. The fourth-order valence-corrected chi connectivity index (χ4v) is 4.68. The Morgan fingerprint density at radius 1 is 1.00 bits per heavy atom. The summed E-state index contributed by atoms with van der Waals surface area (Å²) in [5.41, 5.74) is 9.96. The van der Waals surface area contributed by atoms with Crippen molar-refractivity contribution in [2.75, 3.05) is 5.73 Å². The Hall–Kier alpha value is -4.77. The predicted octanol–water partition coefficient (Wildman–Crippen LogP) is 4.89. The van der Waals surface area contributed by atoms with E-state index >= 15 is 0 Å². The third-order valence-corrected chi connectivity index (χ3v) is 6.70. The molecule has 1 aromatic carbocycles. The van der Waals surface area contributed by atoms with E-state index in [0.717, 1.165) is 29.5 Å². The number of H-pyrrole nitrogens is 1. The molecule has 0 saturated heterocycles. The number of rotatable bonds is 6. The van der Waals surface area contributed by atoms with Crippen molar-refractivity contribution in [2.24, 2.45) is 0 Å². The summed E-state index contributed by atoms with van der Waals surface area (Å²) in [5.74, 6) is -2.24. The number of halogens is 3. The number of hydrogen-bond donors (Lipinski definition) is 2. The summed E-state index contributed by atoms with van der Waals surface area (Å²) < 4.78 is 48.8. The number of anilines is 1. The molecule has 11 heteroatoms. The molecule has 0 atom stereocenters. The molecule has 0 spiro atoms. The number of nitrogens with zero attached hydrogens (tertiary/aromatic N) is 4. The summed E-state index contributed by atoms with van der Waals surface area (Å²) >= 11 is 0.